The Morgan fingerprint density at radius 2 is 1.25 bits per heavy atom. The van der Waals surface area contributed by atoms with Crippen molar-refractivity contribution in [3.8, 4) is 23.0 Å². The Morgan fingerprint density at radius 1 is 0.627 bits per heavy atom. The van der Waals surface area contributed by atoms with Gasteiger partial charge in [-0.2, -0.15) is 18.3 Å². The second kappa shape index (κ2) is 14.9. The summed E-state index contributed by atoms with van der Waals surface area (Å²) < 4.78 is 91.2. The van der Waals surface area contributed by atoms with Crippen LogP contribution in [0.2, 0.25) is 0 Å². The molecule has 59 heavy (non-hydrogen) atoms. The van der Waals surface area contributed by atoms with Crippen LogP contribution in [0.1, 0.15) is 45.3 Å². The minimum Gasteiger partial charge on any atom is -0.303 e. The molecule has 0 unspecified atom stereocenters. The van der Waals surface area contributed by atoms with Gasteiger partial charge in [0.1, 0.15) is 47.0 Å². The number of hydrogen-bond acceptors (Lipinski definition) is 8. The highest BCUT2D eigenvalue weighted by molar-refractivity contribution is 5.57. The number of nitrogens with zero attached hydrogens (tertiary/aromatic N) is 12. The van der Waals surface area contributed by atoms with Crippen molar-refractivity contribution in [1.29, 1.82) is 0 Å². The Bertz CT molecular complexity index is 2980. The topological polar surface area (TPSA) is 122 Å². The van der Waals surface area contributed by atoms with Crippen LogP contribution in [0, 0.1) is 24.4 Å². The zero-order valence-electron chi connectivity index (χ0n) is 31.0. The molecule has 6 heterocycles. The average molecular weight is 805 g/mol. The summed E-state index contributed by atoms with van der Waals surface area (Å²) in [6.07, 6.45) is 5.19. The summed E-state index contributed by atoms with van der Waals surface area (Å²) in [6, 6.07) is 17.2. The van der Waals surface area contributed by atoms with Crippen molar-refractivity contribution in [3.63, 3.8) is 0 Å². The van der Waals surface area contributed by atoms with E-state index in [1.165, 1.54) is 37.5 Å². The van der Waals surface area contributed by atoms with Crippen molar-refractivity contribution in [2.75, 3.05) is 0 Å². The average Bonchev–Trinajstić information content (AvgIpc) is 4.02. The lowest BCUT2D eigenvalue weighted by molar-refractivity contribution is -0.142. The van der Waals surface area contributed by atoms with Gasteiger partial charge in [-0.3, -0.25) is 0 Å². The molecule has 0 spiro atoms. The number of hydrogen-bond donors (Lipinski definition) is 0. The first-order chi connectivity index (χ1) is 28.4. The highest BCUT2D eigenvalue weighted by atomic mass is 19.4. The number of aryl methyl sites for hydroxylation is 1. The first kappa shape index (κ1) is 37.3. The van der Waals surface area contributed by atoms with Gasteiger partial charge in [-0.15, -0.1) is 5.10 Å². The second-order valence-electron chi connectivity index (χ2n) is 13.9. The SMILES string of the molecule is Cc1nc(-c2cn3ccnc3c(Cc3cccc(Cc4nc(-c5cn6ccnc6c(Cc6ccccc6F)n5)nn4Cc4ccc(F)cc4)c3F)n2)n(CC(F)(F)F)n1. The van der Waals surface area contributed by atoms with Gasteiger partial charge in [0.15, 0.2) is 17.1 Å². The third-order valence-electron chi connectivity index (χ3n) is 9.63. The zero-order valence-corrected chi connectivity index (χ0v) is 31.0. The fourth-order valence-corrected chi connectivity index (χ4v) is 6.95. The van der Waals surface area contributed by atoms with E-state index < -0.39 is 24.4 Å². The molecule has 18 heteroatoms. The Morgan fingerprint density at radius 3 is 1.95 bits per heavy atom. The van der Waals surface area contributed by atoms with Crippen LogP contribution in [0.25, 0.3) is 34.3 Å². The summed E-state index contributed by atoms with van der Waals surface area (Å²) in [5, 5.41) is 8.71. The third kappa shape index (κ3) is 7.75. The molecule has 0 saturated carbocycles. The molecule has 12 nitrogen and oxygen atoms in total. The van der Waals surface area contributed by atoms with Gasteiger partial charge in [-0.05, 0) is 47.4 Å². The van der Waals surface area contributed by atoms with Crippen LogP contribution in [0.5, 0.6) is 0 Å². The van der Waals surface area contributed by atoms with Crippen molar-refractivity contribution >= 4 is 11.3 Å². The van der Waals surface area contributed by atoms with E-state index in [4.69, 9.17) is 15.1 Å². The van der Waals surface area contributed by atoms with E-state index >= 15 is 4.39 Å². The van der Waals surface area contributed by atoms with Crippen molar-refractivity contribution in [1.82, 2.24) is 58.3 Å². The van der Waals surface area contributed by atoms with Gasteiger partial charge in [0.2, 0.25) is 5.82 Å². The van der Waals surface area contributed by atoms with Gasteiger partial charge in [-0.25, -0.2) is 52.4 Å². The number of aromatic nitrogens is 12. The van der Waals surface area contributed by atoms with Crippen LogP contribution in [0.4, 0.5) is 26.3 Å². The molecule has 9 aromatic rings. The molecule has 0 saturated heterocycles. The van der Waals surface area contributed by atoms with E-state index in [-0.39, 0.29) is 65.9 Å². The summed E-state index contributed by atoms with van der Waals surface area (Å²) in [5.74, 6) is -0.700. The molecule has 0 N–H and O–H groups in total. The number of imidazole rings is 2. The van der Waals surface area contributed by atoms with Gasteiger partial charge in [-0.1, -0.05) is 48.5 Å². The Hall–Kier alpha value is -7.24. The van der Waals surface area contributed by atoms with Gasteiger partial charge in [0.05, 0.1) is 17.9 Å². The Balaban J connectivity index is 1.07. The van der Waals surface area contributed by atoms with E-state index in [9.17, 15) is 22.0 Å². The van der Waals surface area contributed by atoms with E-state index in [0.717, 1.165) is 4.68 Å². The Labute approximate surface area is 330 Å². The molecule has 0 radical (unpaired) electrons. The quantitative estimate of drug-likeness (QED) is 0.124. The lowest BCUT2D eigenvalue weighted by Crippen LogP contribution is -2.20. The lowest BCUT2D eigenvalue weighted by atomic mass is 10.0. The van der Waals surface area contributed by atoms with Crippen molar-refractivity contribution in [3.05, 3.63) is 167 Å². The van der Waals surface area contributed by atoms with Gasteiger partial charge in [0.25, 0.3) is 0 Å². The highest BCUT2D eigenvalue weighted by Gasteiger charge is 2.31. The van der Waals surface area contributed by atoms with E-state index in [2.05, 4.69) is 25.0 Å². The maximum absolute atomic E-state index is 16.7. The zero-order chi connectivity index (χ0) is 40.8. The predicted octanol–water partition coefficient (Wildman–Crippen LogP) is 7.40. The largest absolute Gasteiger partial charge is 0.408 e. The lowest BCUT2D eigenvalue weighted by Gasteiger charge is -2.12. The van der Waals surface area contributed by atoms with Gasteiger partial charge in [0, 0.05) is 56.4 Å². The molecule has 9 rings (SSSR count). The highest BCUT2D eigenvalue weighted by Crippen LogP contribution is 2.27. The normalized spacial score (nSPS) is 12.0. The van der Waals surface area contributed by atoms with Crippen LogP contribution in [-0.2, 0) is 32.4 Å². The second-order valence-corrected chi connectivity index (χ2v) is 13.9. The molecule has 0 aliphatic heterocycles. The third-order valence-corrected chi connectivity index (χ3v) is 9.63. The predicted molar refractivity (Wildman–Crippen MR) is 202 cm³/mol. The number of rotatable bonds is 11. The molecule has 0 aliphatic rings. The number of halogens is 6. The minimum absolute atomic E-state index is 0.0185. The summed E-state index contributed by atoms with van der Waals surface area (Å²) in [4.78, 5) is 27.3. The molecular formula is C41H30F6N12. The minimum atomic E-state index is -4.55. The molecule has 296 valence electrons. The molecule has 0 amide bonds. The smallest absolute Gasteiger partial charge is 0.303 e. The summed E-state index contributed by atoms with van der Waals surface area (Å²) >= 11 is 0. The summed E-state index contributed by atoms with van der Waals surface area (Å²) in [7, 11) is 0. The number of fused-ring (bicyclic) bond motifs is 2. The summed E-state index contributed by atoms with van der Waals surface area (Å²) in [6.45, 7) is 0.291. The fraction of sp³-hybridized carbons (Fsp3) is 0.171. The standard InChI is InChI=1S/C41H30F6N12/c1-24-50-40(59(54-24)23-41(45,46)47)34-22-57-16-14-49-39(57)32(52-34)18-27-6-4-7-28(36(27)44)19-35-53-37(55-58(35)20-25-9-11-29(42)12-10-25)33-21-56-15-13-48-38(56)31(51-33)17-26-5-2-3-8-30(26)43/h2-16,21-22H,17-20,23H2,1H3. The molecule has 0 fully saturated rings. The van der Waals surface area contributed by atoms with E-state index in [1.54, 1.807) is 86.8 Å². The maximum Gasteiger partial charge on any atom is 0.408 e. The van der Waals surface area contributed by atoms with Crippen LogP contribution in [-0.4, -0.2) is 64.4 Å². The van der Waals surface area contributed by atoms with Crippen molar-refractivity contribution in [2.45, 2.75) is 45.5 Å². The summed E-state index contributed by atoms with van der Waals surface area (Å²) in [5.41, 5.74) is 3.86. The molecule has 6 aromatic heterocycles. The van der Waals surface area contributed by atoms with Crippen molar-refractivity contribution in [2.24, 2.45) is 0 Å². The number of benzene rings is 3. The first-order valence-corrected chi connectivity index (χ1v) is 18.3. The number of alkyl halides is 3. The van der Waals surface area contributed by atoms with Crippen LogP contribution < -0.4 is 0 Å². The van der Waals surface area contributed by atoms with Crippen LogP contribution in [0.3, 0.4) is 0 Å². The molecular weight excluding hydrogens is 775 g/mol. The monoisotopic (exact) mass is 804 g/mol. The van der Waals surface area contributed by atoms with Crippen molar-refractivity contribution < 1.29 is 26.3 Å². The molecule has 3 aromatic carbocycles. The molecule has 0 bridgehead atoms. The fourth-order valence-electron chi connectivity index (χ4n) is 6.95. The first-order valence-electron chi connectivity index (χ1n) is 18.3. The Kier molecular flexibility index (Phi) is 9.45. The van der Waals surface area contributed by atoms with E-state index in [0.29, 0.717) is 45.3 Å². The van der Waals surface area contributed by atoms with Gasteiger partial charge >= 0.3 is 6.18 Å². The van der Waals surface area contributed by atoms with Gasteiger partial charge < -0.3 is 8.80 Å². The maximum atomic E-state index is 16.7. The van der Waals surface area contributed by atoms with Crippen LogP contribution in [0.15, 0.2) is 104 Å². The molecule has 0 aliphatic carbocycles. The van der Waals surface area contributed by atoms with Crippen LogP contribution >= 0.6 is 0 Å². The van der Waals surface area contributed by atoms with E-state index in [1.807, 2.05) is 0 Å². The molecule has 0 atom stereocenters.